The van der Waals surface area contributed by atoms with Gasteiger partial charge >= 0.3 is 0 Å². The lowest BCUT2D eigenvalue weighted by atomic mass is 9.80. The van der Waals surface area contributed by atoms with Crippen LogP contribution in [0.25, 0.3) is 0 Å². The lowest BCUT2D eigenvalue weighted by Gasteiger charge is -2.43. The van der Waals surface area contributed by atoms with E-state index in [1.54, 1.807) is 6.20 Å². The number of hydrogen-bond acceptors (Lipinski definition) is 6. The Kier molecular flexibility index (Phi) is 5.08. The largest absolute Gasteiger partial charge is 0.379 e. The Labute approximate surface area is 153 Å². The third-order valence-corrected chi connectivity index (χ3v) is 5.20. The summed E-state index contributed by atoms with van der Waals surface area (Å²) in [7, 11) is 0. The van der Waals surface area contributed by atoms with E-state index in [9.17, 15) is 4.39 Å². The third-order valence-electron chi connectivity index (χ3n) is 5.20. The lowest BCUT2D eigenvalue weighted by Crippen LogP contribution is -2.50. The van der Waals surface area contributed by atoms with Gasteiger partial charge < -0.3 is 9.64 Å². The summed E-state index contributed by atoms with van der Waals surface area (Å²) in [6, 6.07) is 4.11. The van der Waals surface area contributed by atoms with Crippen LogP contribution in [-0.4, -0.2) is 59.2 Å². The molecule has 0 saturated carbocycles. The van der Waals surface area contributed by atoms with Gasteiger partial charge in [0.25, 0.3) is 0 Å². The zero-order valence-electron chi connectivity index (χ0n) is 14.9. The summed E-state index contributed by atoms with van der Waals surface area (Å²) in [5.74, 6) is 0.176. The highest BCUT2D eigenvalue weighted by atomic mass is 19.1. The smallest absolute Gasteiger partial charge is 0.225 e. The fraction of sp³-hybridized carbons (Fsp3) is 0.526. The molecule has 1 spiro atoms. The number of anilines is 1. The van der Waals surface area contributed by atoms with E-state index in [0.29, 0.717) is 12.6 Å². The minimum absolute atomic E-state index is 0.0503. The first kappa shape index (κ1) is 17.3. The van der Waals surface area contributed by atoms with E-state index >= 15 is 0 Å². The van der Waals surface area contributed by atoms with E-state index in [0.717, 1.165) is 52.2 Å². The molecule has 0 aromatic carbocycles. The maximum absolute atomic E-state index is 13.2. The normalized spacial score (nSPS) is 24.6. The first-order valence-corrected chi connectivity index (χ1v) is 9.14. The molecule has 7 heteroatoms. The number of halogens is 1. The van der Waals surface area contributed by atoms with Gasteiger partial charge in [0, 0.05) is 44.0 Å². The molecule has 4 heterocycles. The average molecular weight is 357 g/mol. The van der Waals surface area contributed by atoms with E-state index in [-0.39, 0.29) is 5.41 Å². The van der Waals surface area contributed by atoms with Crippen molar-refractivity contribution in [1.82, 2.24) is 19.9 Å². The Bertz CT molecular complexity index is 714. The molecule has 138 valence electrons. The van der Waals surface area contributed by atoms with Crippen LogP contribution in [0.3, 0.4) is 0 Å². The van der Waals surface area contributed by atoms with Gasteiger partial charge in [-0.3, -0.25) is 9.88 Å². The van der Waals surface area contributed by atoms with Crippen molar-refractivity contribution in [2.45, 2.75) is 19.4 Å². The quantitative estimate of drug-likeness (QED) is 0.839. The van der Waals surface area contributed by atoms with Crippen molar-refractivity contribution in [3.63, 3.8) is 0 Å². The van der Waals surface area contributed by atoms with Gasteiger partial charge in [-0.2, -0.15) is 0 Å². The Morgan fingerprint density at radius 3 is 2.85 bits per heavy atom. The molecule has 2 aliphatic heterocycles. The highest BCUT2D eigenvalue weighted by molar-refractivity contribution is 5.30. The number of rotatable bonds is 3. The molecule has 2 aromatic rings. The Morgan fingerprint density at radius 2 is 2.04 bits per heavy atom. The van der Waals surface area contributed by atoms with Crippen molar-refractivity contribution in [2.75, 3.05) is 44.3 Å². The number of likely N-dealkylation sites (tertiary alicyclic amines) is 1. The van der Waals surface area contributed by atoms with Crippen molar-refractivity contribution in [3.8, 4) is 0 Å². The first-order valence-electron chi connectivity index (χ1n) is 9.14. The number of aromatic nitrogens is 3. The number of pyridine rings is 1. The average Bonchev–Trinajstić information content (AvgIpc) is 2.86. The van der Waals surface area contributed by atoms with Gasteiger partial charge in [-0.05, 0) is 31.0 Å². The summed E-state index contributed by atoms with van der Waals surface area (Å²) in [5, 5.41) is 0. The molecule has 2 aromatic heterocycles. The highest BCUT2D eigenvalue weighted by Gasteiger charge is 2.39. The summed E-state index contributed by atoms with van der Waals surface area (Å²) in [5.41, 5.74) is 1.28. The van der Waals surface area contributed by atoms with Crippen LogP contribution in [0, 0.1) is 11.2 Å². The molecule has 26 heavy (non-hydrogen) atoms. The fourth-order valence-electron chi connectivity index (χ4n) is 4.07. The molecule has 4 rings (SSSR count). The van der Waals surface area contributed by atoms with Gasteiger partial charge in [0.15, 0.2) is 5.82 Å². The molecule has 2 aliphatic rings. The molecule has 0 bridgehead atoms. The van der Waals surface area contributed by atoms with Crippen LogP contribution < -0.4 is 4.90 Å². The molecular formula is C19H24FN5O. The van der Waals surface area contributed by atoms with Gasteiger partial charge in [-0.25, -0.2) is 14.4 Å². The summed E-state index contributed by atoms with van der Waals surface area (Å²) in [6.07, 6.45) is 8.47. The van der Waals surface area contributed by atoms with Gasteiger partial charge in [0.1, 0.15) is 0 Å². The van der Waals surface area contributed by atoms with Crippen LogP contribution in [0.15, 0.2) is 36.9 Å². The second-order valence-electron chi connectivity index (χ2n) is 7.35. The highest BCUT2D eigenvalue weighted by Crippen LogP contribution is 2.34. The molecule has 0 N–H and O–H groups in total. The van der Waals surface area contributed by atoms with E-state index in [1.165, 1.54) is 18.0 Å². The predicted molar refractivity (Wildman–Crippen MR) is 96.2 cm³/mol. The van der Waals surface area contributed by atoms with Crippen LogP contribution in [0.2, 0.25) is 0 Å². The second kappa shape index (κ2) is 7.63. The molecule has 0 amide bonds. The summed E-state index contributed by atoms with van der Waals surface area (Å²) in [4.78, 5) is 17.2. The van der Waals surface area contributed by atoms with Crippen molar-refractivity contribution < 1.29 is 9.13 Å². The zero-order chi connectivity index (χ0) is 17.8. The van der Waals surface area contributed by atoms with E-state index in [1.807, 2.05) is 12.3 Å². The zero-order valence-corrected chi connectivity index (χ0v) is 14.9. The number of ether oxygens (including phenoxy) is 1. The molecule has 2 saturated heterocycles. The second-order valence-corrected chi connectivity index (χ2v) is 7.35. The maximum Gasteiger partial charge on any atom is 0.225 e. The molecule has 0 aliphatic carbocycles. The van der Waals surface area contributed by atoms with Crippen LogP contribution >= 0.6 is 0 Å². The minimum Gasteiger partial charge on any atom is -0.379 e. The predicted octanol–water partition coefficient (Wildman–Crippen LogP) is 2.13. The molecule has 6 nitrogen and oxygen atoms in total. The molecule has 0 radical (unpaired) electrons. The Morgan fingerprint density at radius 1 is 1.15 bits per heavy atom. The lowest BCUT2D eigenvalue weighted by molar-refractivity contribution is 0.0106. The SMILES string of the molecule is Fc1cnc(N2CCOC[C@]3(CCCN(Cc4cccnc4)C3)C2)nc1. The summed E-state index contributed by atoms with van der Waals surface area (Å²) < 4.78 is 19.1. The van der Waals surface area contributed by atoms with Crippen molar-refractivity contribution in [3.05, 3.63) is 48.3 Å². The molecule has 1 atom stereocenters. The summed E-state index contributed by atoms with van der Waals surface area (Å²) >= 11 is 0. The maximum atomic E-state index is 13.2. The number of nitrogens with zero attached hydrogens (tertiary/aromatic N) is 5. The Balaban J connectivity index is 1.49. The van der Waals surface area contributed by atoms with E-state index in [4.69, 9.17) is 4.74 Å². The van der Waals surface area contributed by atoms with Gasteiger partial charge in [0.2, 0.25) is 5.95 Å². The standard InChI is InChI=1S/C19H24FN5O/c20-17-10-22-18(23-11-17)25-7-8-26-15-19(14-25)4-2-6-24(13-19)12-16-3-1-5-21-9-16/h1,3,5,9-11H,2,4,6-8,12-15H2/t19-/m0/s1. The molecule has 2 fully saturated rings. The van der Waals surface area contributed by atoms with Crippen LogP contribution in [0.5, 0.6) is 0 Å². The van der Waals surface area contributed by atoms with Gasteiger partial charge in [-0.15, -0.1) is 0 Å². The fourth-order valence-corrected chi connectivity index (χ4v) is 4.07. The summed E-state index contributed by atoms with van der Waals surface area (Å²) in [6.45, 7) is 5.92. The monoisotopic (exact) mass is 357 g/mol. The number of hydrogen-bond donors (Lipinski definition) is 0. The third kappa shape index (κ3) is 3.99. The van der Waals surface area contributed by atoms with Crippen LogP contribution in [0.4, 0.5) is 10.3 Å². The van der Waals surface area contributed by atoms with E-state index in [2.05, 4.69) is 30.8 Å². The van der Waals surface area contributed by atoms with Gasteiger partial charge in [-0.1, -0.05) is 6.07 Å². The van der Waals surface area contributed by atoms with Crippen molar-refractivity contribution in [1.29, 1.82) is 0 Å². The number of piperidine rings is 1. The van der Waals surface area contributed by atoms with Crippen molar-refractivity contribution in [2.24, 2.45) is 5.41 Å². The van der Waals surface area contributed by atoms with Crippen LogP contribution in [-0.2, 0) is 11.3 Å². The Hall–Kier alpha value is -2.12. The molecular weight excluding hydrogens is 333 g/mol. The minimum atomic E-state index is -0.408. The first-order chi connectivity index (χ1) is 12.7. The van der Waals surface area contributed by atoms with E-state index < -0.39 is 5.82 Å². The van der Waals surface area contributed by atoms with Gasteiger partial charge in [0.05, 0.1) is 25.6 Å². The molecule has 0 unspecified atom stereocenters. The van der Waals surface area contributed by atoms with Crippen molar-refractivity contribution >= 4 is 5.95 Å². The topological polar surface area (TPSA) is 54.4 Å². The van der Waals surface area contributed by atoms with Crippen LogP contribution in [0.1, 0.15) is 18.4 Å².